The van der Waals surface area contributed by atoms with Crippen molar-refractivity contribution in [2.24, 2.45) is 0 Å². The summed E-state index contributed by atoms with van der Waals surface area (Å²) in [6.45, 7) is 6.11. The third-order valence-electron chi connectivity index (χ3n) is 4.28. The van der Waals surface area contributed by atoms with Crippen LogP contribution in [0.5, 0.6) is 0 Å². The summed E-state index contributed by atoms with van der Waals surface area (Å²) in [5, 5.41) is 3.52. The Morgan fingerprint density at radius 1 is 1.00 bits per heavy atom. The largest absolute Gasteiger partial charge is 0.315 e. The molecule has 0 aromatic heterocycles. The number of hydrogen-bond donors (Lipinski definition) is 1. The highest BCUT2D eigenvalue weighted by Gasteiger charge is 2.28. The molecule has 0 spiro atoms. The van der Waals surface area contributed by atoms with Gasteiger partial charge in [-0.15, -0.1) is 0 Å². The fraction of sp³-hybridized carbons (Fsp3) is 1.00. The van der Waals surface area contributed by atoms with E-state index in [1.54, 1.807) is 0 Å². The van der Waals surface area contributed by atoms with Crippen LogP contribution in [0.15, 0.2) is 0 Å². The number of nitrogens with one attached hydrogen (secondary N) is 1. The lowest BCUT2D eigenvalue weighted by atomic mass is 10.0. The maximum Gasteiger partial charge on any atom is 0.0235 e. The van der Waals surface area contributed by atoms with Crippen molar-refractivity contribution < 1.29 is 0 Å². The Hall–Kier alpha value is -0.0800. The Balaban J connectivity index is 1.92. The Morgan fingerprint density at radius 3 is 2.31 bits per heavy atom. The van der Waals surface area contributed by atoms with Gasteiger partial charge in [0.15, 0.2) is 0 Å². The van der Waals surface area contributed by atoms with E-state index in [-0.39, 0.29) is 0 Å². The molecule has 2 nitrogen and oxygen atoms in total. The molecule has 1 heterocycles. The van der Waals surface area contributed by atoms with Gasteiger partial charge in [-0.05, 0) is 38.8 Å². The highest BCUT2D eigenvalue weighted by atomic mass is 15.2. The molecule has 1 saturated carbocycles. The van der Waals surface area contributed by atoms with E-state index in [4.69, 9.17) is 0 Å². The zero-order valence-corrected chi connectivity index (χ0v) is 10.9. The molecule has 0 aromatic carbocycles. The highest BCUT2D eigenvalue weighted by Crippen LogP contribution is 2.25. The van der Waals surface area contributed by atoms with Crippen LogP contribution >= 0.6 is 0 Å². The van der Waals surface area contributed by atoms with Gasteiger partial charge in [0.1, 0.15) is 0 Å². The number of rotatable bonds is 4. The van der Waals surface area contributed by atoms with Gasteiger partial charge in [0, 0.05) is 18.6 Å². The lowest BCUT2D eigenvalue weighted by Crippen LogP contribution is -2.44. The van der Waals surface area contributed by atoms with Gasteiger partial charge in [0.2, 0.25) is 0 Å². The van der Waals surface area contributed by atoms with E-state index >= 15 is 0 Å². The van der Waals surface area contributed by atoms with Crippen LogP contribution in [0.1, 0.15) is 58.3 Å². The monoisotopic (exact) mass is 224 g/mol. The molecule has 1 aliphatic heterocycles. The summed E-state index contributed by atoms with van der Waals surface area (Å²) >= 11 is 0. The van der Waals surface area contributed by atoms with Crippen LogP contribution in [-0.4, -0.2) is 36.6 Å². The first-order chi connectivity index (χ1) is 7.92. The molecule has 1 atom stereocenters. The lowest BCUT2D eigenvalue weighted by molar-refractivity contribution is 0.129. The fourth-order valence-electron chi connectivity index (χ4n) is 3.43. The third-order valence-corrected chi connectivity index (χ3v) is 4.28. The first-order valence-electron chi connectivity index (χ1n) is 7.38. The van der Waals surface area contributed by atoms with E-state index in [9.17, 15) is 0 Å². The number of nitrogens with zero attached hydrogens (tertiary/aromatic N) is 1. The van der Waals surface area contributed by atoms with Crippen LogP contribution in [0.2, 0.25) is 0 Å². The summed E-state index contributed by atoms with van der Waals surface area (Å²) in [4.78, 5) is 2.84. The van der Waals surface area contributed by atoms with Crippen LogP contribution in [0.4, 0.5) is 0 Å². The van der Waals surface area contributed by atoms with Gasteiger partial charge >= 0.3 is 0 Å². The smallest absolute Gasteiger partial charge is 0.0235 e. The maximum atomic E-state index is 3.52. The van der Waals surface area contributed by atoms with Gasteiger partial charge in [-0.2, -0.15) is 0 Å². The minimum Gasteiger partial charge on any atom is -0.315 e. The van der Waals surface area contributed by atoms with Crippen LogP contribution in [-0.2, 0) is 0 Å². The van der Waals surface area contributed by atoms with Gasteiger partial charge in [-0.3, -0.25) is 4.90 Å². The molecule has 1 N–H and O–H groups in total. The second-order valence-corrected chi connectivity index (χ2v) is 5.53. The van der Waals surface area contributed by atoms with Crippen molar-refractivity contribution in [3.05, 3.63) is 0 Å². The predicted molar refractivity (Wildman–Crippen MR) is 69.8 cm³/mol. The standard InChI is InChI=1S/C14H28N2/c1-2-11-16(14-9-10-15-12-14)13-7-5-3-4-6-8-13/h13-15H,2-12H2,1H3. The van der Waals surface area contributed by atoms with E-state index in [1.165, 1.54) is 71.0 Å². The minimum absolute atomic E-state index is 0.836. The molecular formula is C14H28N2. The van der Waals surface area contributed by atoms with E-state index in [1.807, 2.05) is 0 Å². The van der Waals surface area contributed by atoms with Gasteiger partial charge in [-0.1, -0.05) is 32.6 Å². The first-order valence-corrected chi connectivity index (χ1v) is 7.38. The summed E-state index contributed by atoms with van der Waals surface area (Å²) in [6, 6.07) is 1.73. The zero-order chi connectivity index (χ0) is 11.2. The van der Waals surface area contributed by atoms with E-state index in [2.05, 4.69) is 17.1 Å². The van der Waals surface area contributed by atoms with E-state index in [0.717, 1.165) is 12.1 Å². The average Bonchev–Trinajstić information content (AvgIpc) is 2.69. The quantitative estimate of drug-likeness (QED) is 0.739. The molecule has 1 unspecified atom stereocenters. The van der Waals surface area contributed by atoms with Crippen molar-refractivity contribution in [2.45, 2.75) is 70.4 Å². The molecule has 1 aliphatic carbocycles. The molecule has 1 saturated heterocycles. The molecular weight excluding hydrogens is 196 g/mol. The summed E-state index contributed by atoms with van der Waals surface area (Å²) < 4.78 is 0. The van der Waals surface area contributed by atoms with E-state index in [0.29, 0.717) is 0 Å². The predicted octanol–water partition coefficient (Wildman–Crippen LogP) is 2.78. The molecule has 2 aliphatic rings. The van der Waals surface area contributed by atoms with Crippen LogP contribution < -0.4 is 5.32 Å². The summed E-state index contributed by atoms with van der Waals surface area (Å²) in [7, 11) is 0. The lowest BCUT2D eigenvalue weighted by Gasteiger charge is -2.35. The summed E-state index contributed by atoms with van der Waals surface area (Å²) in [5.74, 6) is 0. The van der Waals surface area contributed by atoms with Crippen LogP contribution in [0, 0.1) is 0 Å². The first kappa shape index (κ1) is 12.4. The van der Waals surface area contributed by atoms with Crippen molar-refractivity contribution >= 4 is 0 Å². The molecule has 2 heteroatoms. The Bertz CT molecular complexity index is 179. The average molecular weight is 224 g/mol. The van der Waals surface area contributed by atoms with Gasteiger partial charge < -0.3 is 5.32 Å². The van der Waals surface area contributed by atoms with Crippen molar-refractivity contribution in [3.63, 3.8) is 0 Å². The Labute approximate surface area is 101 Å². The minimum atomic E-state index is 0.836. The van der Waals surface area contributed by atoms with E-state index < -0.39 is 0 Å². The van der Waals surface area contributed by atoms with Crippen molar-refractivity contribution in [2.75, 3.05) is 19.6 Å². The fourth-order valence-corrected chi connectivity index (χ4v) is 3.43. The zero-order valence-electron chi connectivity index (χ0n) is 10.9. The summed E-state index contributed by atoms with van der Waals surface area (Å²) in [5.41, 5.74) is 0. The summed E-state index contributed by atoms with van der Waals surface area (Å²) in [6.07, 6.45) is 11.5. The second kappa shape index (κ2) is 6.61. The SMILES string of the molecule is CCCN(C1CCCCCC1)C1CCNC1. The third kappa shape index (κ3) is 3.21. The van der Waals surface area contributed by atoms with Gasteiger partial charge in [0.05, 0.1) is 0 Å². The Kier molecular flexibility index (Phi) is 5.11. The highest BCUT2D eigenvalue weighted by molar-refractivity contribution is 4.85. The topological polar surface area (TPSA) is 15.3 Å². The number of hydrogen-bond acceptors (Lipinski definition) is 2. The molecule has 2 fully saturated rings. The van der Waals surface area contributed by atoms with Gasteiger partial charge in [0.25, 0.3) is 0 Å². The maximum absolute atomic E-state index is 3.52. The molecule has 0 aromatic rings. The van der Waals surface area contributed by atoms with Crippen LogP contribution in [0.3, 0.4) is 0 Å². The van der Waals surface area contributed by atoms with Crippen LogP contribution in [0.25, 0.3) is 0 Å². The van der Waals surface area contributed by atoms with Crippen molar-refractivity contribution in [1.82, 2.24) is 10.2 Å². The molecule has 0 radical (unpaired) electrons. The molecule has 16 heavy (non-hydrogen) atoms. The second-order valence-electron chi connectivity index (χ2n) is 5.53. The molecule has 0 bridgehead atoms. The molecule has 2 rings (SSSR count). The normalized spacial score (nSPS) is 28.5. The Morgan fingerprint density at radius 2 is 1.75 bits per heavy atom. The van der Waals surface area contributed by atoms with Crippen molar-refractivity contribution in [1.29, 1.82) is 0 Å². The molecule has 94 valence electrons. The van der Waals surface area contributed by atoms with Crippen molar-refractivity contribution in [3.8, 4) is 0 Å². The van der Waals surface area contributed by atoms with Gasteiger partial charge in [-0.25, -0.2) is 0 Å². The molecule has 0 amide bonds.